The van der Waals surface area contributed by atoms with Gasteiger partial charge in [-0.05, 0) is 55.8 Å². The predicted octanol–water partition coefficient (Wildman–Crippen LogP) is 4.89. The number of hydrogen-bond donors (Lipinski definition) is 0. The van der Waals surface area contributed by atoms with Crippen LogP contribution in [-0.4, -0.2) is 34.7 Å². The SMILES string of the molecule is CC(C)(C)[Si](C)(C)OCCCCCOC=C1CCOCC1. The molecule has 0 aromatic carbocycles. The molecule has 1 rings (SSSR count). The fourth-order valence-corrected chi connectivity index (χ4v) is 3.02. The van der Waals surface area contributed by atoms with E-state index < -0.39 is 8.32 Å². The van der Waals surface area contributed by atoms with E-state index in [1.54, 1.807) is 0 Å². The van der Waals surface area contributed by atoms with Crippen molar-refractivity contribution < 1.29 is 13.9 Å². The molecule has 0 aromatic rings. The van der Waals surface area contributed by atoms with Crippen LogP contribution >= 0.6 is 0 Å². The highest BCUT2D eigenvalue weighted by atomic mass is 28.4. The summed E-state index contributed by atoms with van der Waals surface area (Å²) in [7, 11) is -1.56. The van der Waals surface area contributed by atoms with Crippen molar-refractivity contribution >= 4 is 8.32 Å². The maximum atomic E-state index is 6.17. The van der Waals surface area contributed by atoms with Crippen molar-refractivity contribution in [2.75, 3.05) is 26.4 Å². The lowest BCUT2D eigenvalue weighted by Crippen LogP contribution is -2.40. The normalized spacial score (nSPS) is 16.9. The van der Waals surface area contributed by atoms with E-state index in [4.69, 9.17) is 13.9 Å². The lowest BCUT2D eigenvalue weighted by molar-refractivity contribution is 0.115. The monoisotopic (exact) mass is 314 g/mol. The van der Waals surface area contributed by atoms with Crippen LogP contribution in [-0.2, 0) is 13.9 Å². The van der Waals surface area contributed by atoms with Crippen molar-refractivity contribution in [2.24, 2.45) is 0 Å². The summed E-state index contributed by atoms with van der Waals surface area (Å²) in [6.07, 6.45) is 7.44. The van der Waals surface area contributed by atoms with Gasteiger partial charge in [0.1, 0.15) is 0 Å². The molecule has 0 aliphatic carbocycles. The predicted molar refractivity (Wildman–Crippen MR) is 91.1 cm³/mol. The summed E-state index contributed by atoms with van der Waals surface area (Å²) in [5.74, 6) is 0. The van der Waals surface area contributed by atoms with Crippen LogP contribution < -0.4 is 0 Å². The van der Waals surface area contributed by atoms with E-state index in [2.05, 4.69) is 33.9 Å². The average Bonchev–Trinajstić information content (AvgIpc) is 2.41. The molecule has 0 amide bonds. The topological polar surface area (TPSA) is 27.7 Å². The molecule has 1 aliphatic rings. The van der Waals surface area contributed by atoms with Gasteiger partial charge < -0.3 is 13.9 Å². The highest BCUT2D eigenvalue weighted by Gasteiger charge is 2.36. The first-order valence-electron chi connectivity index (χ1n) is 8.34. The van der Waals surface area contributed by atoms with Gasteiger partial charge in [-0.2, -0.15) is 0 Å². The van der Waals surface area contributed by atoms with E-state index >= 15 is 0 Å². The Labute approximate surface area is 132 Å². The molecule has 0 atom stereocenters. The van der Waals surface area contributed by atoms with Gasteiger partial charge in [-0.1, -0.05) is 20.8 Å². The zero-order valence-electron chi connectivity index (χ0n) is 14.7. The molecule has 21 heavy (non-hydrogen) atoms. The summed E-state index contributed by atoms with van der Waals surface area (Å²) >= 11 is 0. The van der Waals surface area contributed by atoms with Gasteiger partial charge in [0, 0.05) is 6.61 Å². The van der Waals surface area contributed by atoms with Crippen LogP contribution in [0, 0.1) is 0 Å². The van der Waals surface area contributed by atoms with Crippen molar-refractivity contribution in [1.82, 2.24) is 0 Å². The fraction of sp³-hybridized carbons (Fsp3) is 0.882. The van der Waals surface area contributed by atoms with Crippen molar-refractivity contribution in [3.05, 3.63) is 11.8 Å². The number of rotatable bonds is 8. The molecule has 0 radical (unpaired) electrons. The van der Waals surface area contributed by atoms with Crippen LogP contribution in [0.1, 0.15) is 52.9 Å². The van der Waals surface area contributed by atoms with Gasteiger partial charge in [0.15, 0.2) is 8.32 Å². The standard InChI is InChI=1S/C17H34O3Si/c1-17(2,3)21(4,5)20-12-8-6-7-11-19-15-16-9-13-18-14-10-16/h15H,6-14H2,1-5H3. The Morgan fingerprint density at radius 1 is 1.05 bits per heavy atom. The summed E-state index contributed by atoms with van der Waals surface area (Å²) in [4.78, 5) is 0. The van der Waals surface area contributed by atoms with Crippen molar-refractivity contribution in [3.8, 4) is 0 Å². The zero-order chi connectivity index (χ0) is 15.8. The van der Waals surface area contributed by atoms with Crippen LogP contribution in [0.15, 0.2) is 11.8 Å². The first-order valence-corrected chi connectivity index (χ1v) is 11.2. The Balaban J connectivity index is 2.00. The van der Waals surface area contributed by atoms with E-state index in [-0.39, 0.29) is 0 Å². The number of unbranched alkanes of at least 4 members (excludes halogenated alkanes) is 2. The molecule has 1 saturated heterocycles. The maximum Gasteiger partial charge on any atom is 0.191 e. The maximum absolute atomic E-state index is 6.17. The van der Waals surface area contributed by atoms with E-state index in [1.165, 1.54) is 12.0 Å². The van der Waals surface area contributed by atoms with Crippen LogP contribution in [0.25, 0.3) is 0 Å². The zero-order valence-corrected chi connectivity index (χ0v) is 15.7. The first kappa shape index (κ1) is 18.7. The third-order valence-corrected chi connectivity index (χ3v) is 9.10. The smallest absolute Gasteiger partial charge is 0.191 e. The van der Waals surface area contributed by atoms with E-state index in [0.717, 1.165) is 52.1 Å². The minimum Gasteiger partial charge on any atom is -0.501 e. The Morgan fingerprint density at radius 2 is 1.67 bits per heavy atom. The van der Waals surface area contributed by atoms with Gasteiger partial charge in [0.25, 0.3) is 0 Å². The largest absolute Gasteiger partial charge is 0.501 e. The summed E-state index contributed by atoms with van der Waals surface area (Å²) in [5, 5.41) is 0.312. The molecule has 4 heteroatoms. The third kappa shape index (κ3) is 7.48. The van der Waals surface area contributed by atoms with Gasteiger partial charge in [0.2, 0.25) is 0 Å². The average molecular weight is 315 g/mol. The van der Waals surface area contributed by atoms with Gasteiger partial charge in [-0.15, -0.1) is 0 Å². The van der Waals surface area contributed by atoms with Crippen LogP contribution in [0.3, 0.4) is 0 Å². The second-order valence-corrected chi connectivity index (χ2v) is 12.2. The van der Waals surface area contributed by atoms with Crippen molar-refractivity contribution in [2.45, 2.75) is 71.0 Å². The summed E-state index contributed by atoms with van der Waals surface area (Å²) in [5.41, 5.74) is 1.39. The summed E-state index contributed by atoms with van der Waals surface area (Å²) < 4.78 is 17.1. The second kappa shape index (κ2) is 8.96. The molecule has 0 spiro atoms. The molecule has 0 unspecified atom stereocenters. The molecule has 0 aromatic heterocycles. The third-order valence-electron chi connectivity index (χ3n) is 4.56. The second-order valence-electron chi connectivity index (χ2n) is 7.43. The minimum atomic E-state index is -1.56. The van der Waals surface area contributed by atoms with E-state index in [9.17, 15) is 0 Å². The molecule has 0 saturated carbocycles. The Bertz CT molecular complexity index is 310. The molecular formula is C17H34O3Si. The highest BCUT2D eigenvalue weighted by Crippen LogP contribution is 2.36. The molecule has 3 nitrogen and oxygen atoms in total. The molecule has 0 bridgehead atoms. The molecule has 1 heterocycles. The Morgan fingerprint density at radius 3 is 2.29 bits per heavy atom. The quantitative estimate of drug-likeness (QED) is 0.363. The molecule has 1 fully saturated rings. The Kier molecular flexibility index (Phi) is 7.99. The summed E-state index contributed by atoms with van der Waals surface area (Å²) in [6, 6.07) is 0. The van der Waals surface area contributed by atoms with E-state index in [0.29, 0.717) is 5.04 Å². The van der Waals surface area contributed by atoms with Crippen LogP contribution in [0.5, 0.6) is 0 Å². The number of hydrogen-bond acceptors (Lipinski definition) is 3. The van der Waals surface area contributed by atoms with Gasteiger partial charge in [-0.3, -0.25) is 0 Å². The van der Waals surface area contributed by atoms with Crippen molar-refractivity contribution in [1.29, 1.82) is 0 Å². The number of ether oxygens (including phenoxy) is 2. The lowest BCUT2D eigenvalue weighted by atomic mass is 10.1. The molecule has 0 N–H and O–H groups in total. The molecular weight excluding hydrogens is 280 g/mol. The van der Waals surface area contributed by atoms with Crippen LogP contribution in [0.2, 0.25) is 18.1 Å². The molecule has 1 aliphatic heterocycles. The van der Waals surface area contributed by atoms with Gasteiger partial charge >= 0.3 is 0 Å². The van der Waals surface area contributed by atoms with E-state index in [1.807, 2.05) is 6.26 Å². The van der Waals surface area contributed by atoms with Gasteiger partial charge in [0.05, 0.1) is 26.1 Å². The lowest BCUT2D eigenvalue weighted by Gasteiger charge is -2.36. The Hall–Kier alpha value is -0.323. The summed E-state index contributed by atoms with van der Waals surface area (Å²) in [6.45, 7) is 14.9. The van der Waals surface area contributed by atoms with Crippen LogP contribution in [0.4, 0.5) is 0 Å². The minimum absolute atomic E-state index is 0.312. The highest BCUT2D eigenvalue weighted by molar-refractivity contribution is 6.74. The molecule has 124 valence electrons. The first-order chi connectivity index (χ1) is 9.83. The van der Waals surface area contributed by atoms with Gasteiger partial charge in [-0.25, -0.2) is 0 Å². The fourth-order valence-electron chi connectivity index (χ4n) is 1.94. The van der Waals surface area contributed by atoms with Crippen molar-refractivity contribution in [3.63, 3.8) is 0 Å².